The summed E-state index contributed by atoms with van der Waals surface area (Å²) < 4.78 is 6.02. The molecule has 9 heteroatoms. The van der Waals surface area contributed by atoms with E-state index in [1.165, 1.54) is 25.8 Å². The van der Waals surface area contributed by atoms with Crippen molar-refractivity contribution in [3.05, 3.63) is 71.8 Å². The zero-order chi connectivity index (χ0) is 29.6. The second-order valence-electron chi connectivity index (χ2n) is 11.5. The number of para-hydroxylation sites is 1. The fourth-order valence-electron chi connectivity index (χ4n) is 5.38. The molecule has 0 saturated heterocycles. The van der Waals surface area contributed by atoms with Crippen LogP contribution in [0.3, 0.4) is 0 Å². The monoisotopic (exact) mass is 562 g/mol. The number of carbonyl (C=O) groups is 3. The highest BCUT2D eigenvalue weighted by atomic mass is 16.5. The minimum Gasteiger partial charge on any atom is -0.492 e. The molecule has 0 bridgehead atoms. The zero-order valence-electron chi connectivity index (χ0n) is 24.3. The molecule has 1 saturated carbocycles. The van der Waals surface area contributed by atoms with Crippen LogP contribution < -0.4 is 20.7 Å². The van der Waals surface area contributed by atoms with E-state index in [0.29, 0.717) is 18.9 Å². The predicted molar refractivity (Wildman–Crippen MR) is 158 cm³/mol. The maximum absolute atomic E-state index is 13.8. The van der Waals surface area contributed by atoms with Gasteiger partial charge in [-0.05, 0) is 44.2 Å². The summed E-state index contributed by atoms with van der Waals surface area (Å²) in [5.74, 6) is -0.780. The van der Waals surface area contributed by atoms with Gasteiger partial charge in [0.1, 0.15) is 24.4 Å². The Morgan fingerprint density at radius 3 is 2.37 bits per heavy atom. The molecule has 4 rings (SSSR count). The topological polar surface area (TPSA) is 120 Å². The molecule has 41 heavy (non-hydrogen) atoms. The van der Waals surface area contributed by atoms with Crippen LogP contribution in [0.1, 0.15) is 50.7 Å². The van der Waals surface area contributed by atoms with Gasteiger partial charge in [0, 0.05) is 31.6 Å². The Bertz CT molecular complexity index is 1240. The number of benzene rings is 2. The van der Waals surface area contributed by atoms with Crippen LogP contribution >= 0.6 is 0 Å². The van der Waals surface area contributed by atoms with Crippen LogP contribution in [0.15, 0.2) is 60.7 Å². The van der Waals surface area contributed by atoms with E-state index in [1.807, 2.05) is 73.7 Å². The van der Waals surface area contributed by atoms with Crippen LogP contribution in [-0.4, -0.2) is 78.2 Å². The minimum atomic E-state index is -1.57. The van der Waals surface area contributed by atoms with Gasteiger partial charge in [-0.15, -0.1) is 0 Å². The molecule has 9 nitrogen and oxygen atoms in total. The summed E-state index contributed by atoms with van der Waals surface area (Å²) in [6.45, 7) is 5.88. The lowest BCUT2D eigenvalue weighted by Gasteiger charge is -2.38. The molecule has 2 aliphatic rings. The Morgan fingerprint density at radius 2 is 1.68 bits per heavy atom. The molecule has 3 amide bonds. The Labute approximate surface area is 242 Å². The Morgan fingerprint density at radius 1 is 1.00 bits per heavy atom. The molecule has 0 spiro atoms. The lowest BCUT2D eigenvalue weighted by Crippen LogP contribution is -2.63. The highest BCUT2D eigenvalue weighted by Gasteiger charge is 2.45. The Kier molecular flexibility index (Phi) is 9.83. The third-order valence-electron chi connectivity index (χ3n) is 7.75. The first kappa shape index (κ1) is 30.3. The van der Waals surface area contributed by atoms with E-state index >= 15 is 0 Å². The molecule has 220 valence electrons. The van der Waals surface area contributed by atoms with Gasteiger partial charge in [-0.2, -0.15) is 0 Å². The summed E-state index contributed by atoms with van der Waals surface area (Å²) in [6.07, 6.45) is 5.53. The number of nitrogens with one attached hydrogen (secondary N) is 3. The van der Waals surface area contributed by atoms with Crippen LogP contribution in [0.4, 0.5) is 0 Å². The van der Waals surface area contributed by atoms with E-state index in [4.69, 9.17) is 4.74 Å². The number of amides is 3. The maximum atomic E-state index is 13.8. The van der Waals surface area contributed by atoms with E-state index in [-0.39, 0.29) is 30.2 Å². The van der Waals surface area contributed by atoms with Crippen LogP contribution in [0.25, 0.3) is 6.08 Å². The SMILES string of the molecule is CC(c1ccccc1)[C@H]1NC(=O)[C@H](C(C)(C)O)N(C)C(=O)[C@H](C2CC2)NCCOc2ccccc2/C=C/CNC1=O. The average molecular weight is 563 g/mol. The van der Waals surface area contributed by atoms with Crippen molar-refractivity contribution in [1.82, 2.24) is 20.9 Å². The van der Waals surface area contributed by atoms with Crippen LogP contribution in [-0.2, 0) is 14.4 Å². The molecule has 1 heterocycles. The first-order valence-electron chi connectivity index (χ1n) is 14.3. The van der Waals surface area contributed by atoms with Gasteiger partial charge in [0.15, 0.2) is 0 Å². The second kappa shape index (κ2) is 13.3. The molecular weight excluding hydrogens is 520 g/mol. The number of carbonyl (C=O) groups excluding carboxylic acids is 3. The molecule has 1 fully saturated rings. The van der Waals surface area contributed by atoms with Crippen molar-refractivity contribution in [2.24, 2.45) is 5.92 Å². The number of nitrogens with zero attached hydrogens (tertiary/aromatic N) is 1. The molecule has 2 aromatic rings. The van der Waals surface area contributed by atoms with Crippen LogP contribution in [0, 0.1) is 5.92 Å². The van der Waals surface area contributed by atoms with Gasteiger partial charge >= 0.3 is 0 Å². The van der Waals surface area contributed by atoms with Crippen molar-refractivity contribution in [3.8, 4) is 5.75 Å². The number of likely N-dealkylation sites (N-methyl/N-ethyl adjacent to an activating group) is 1. The van der Waals surface area contributed by atoms with E-state index in [9.17, 15) is 19.5 Å². The Hall–Kier alpha value is -3.69. The van der Waals surface area contributed by atoms with Crippen LogP contribution in [0.5, 0.6) is 5.75 Å². The average Bonchev–Trinajstić information content (AvgIpc) is 3.78. The van der Waals surface area contributed by atoms with Gasteiger partial charge in [0.05, 0.1) is 11.6 Å². The van der Waals surface area contributed by atoms with E-state index in [2.05, 4.69) is 16.0 Å². The lowest BCUT2D eigenvalue weighted by molar-refractivity contribution is -0.150. The van der Waals surface area contributed by atoms with Gasteiger partial charge in [-0.25, -0.2) is 0 Å². The number of ether oxygens (including phenoxy) is 1. The number of aliphatic hydroxyl groups is 1. The van der Waals surface area contributed by atoms with E-state index in [1.54, 1.807) is 0 Å². The van der Waals surface area contributed by atoms with E-state index < -0.39 is 29.6 Å². The molecule has 1 aliphatic carbocycles. The summed E-state index contributed by atoms with van der Waals surface area (Å²) in [6, 6.07) is 14.4. The first-order valence-corrected chi connectivity index (χ1v) is 14.3. The minimum absolute atomic E-state index is 0.146. The summed E-state index contributed by atoms with van der Waals surface area (Å²) >= 11 is 0. The molecule has 4 atom stereocenters. The largest absolute Gasteiger partial charge is 0.492 e. The third-order valence-corrected chi connectivity index (χ3v) is 7.75. The van der Waals surface area contributed by atoms with Crippen molar-refractivity contribution >= 4 is 23.8 Å². The fraction of sp³-hybridized carbons (Fsp3) is 0.469. The smallest absolute Gasteiger partial charge is 0.246 e. The summed E-state index contributed by atoms with van der Waals surface area (Å²) in [5, 5.41) is 20.2. The molecule has 1 aliphatic heterocycles. The lowest BCUT2D eigenvalue weighted by atomic mass is 9.90. The molecule has 0 radical (unpaired) electrons. The molecular formula is C32H42N4O5. The van der Waals surface area contributed by atoms with Gasteiger partial charge in [-0.1, -0.05) is 67.6 Å². The maximum Gasteiger partial charge on any atom is 0.246 e. The van der Waals surface area contributed by atoms with Gasteiger partial charge in [-0.3, -0.25) is 14.4 Å². The summed E-state index contributed by atoms with van der Waals surface area (Å²) in [5.41, 5.74) is 0.169. The van der Waals surface area contributed by atoms with E-state index in [0.717, 1.165) is 24.0 Å². The van der Waals surface area contributed by atoms with Crippen molar-refractivity contribution in [1.29, 1.82) is 0 Å². The number of fused-ring (bicyclic) bond motifs is 1. The van der Waals surface area contributed by atoms with Crippen molar-refractivity contribution < 1.29 is 24.2 Å². The van der Waals surface area contributed by atoms with Crippen LogP contribution in [0.2, 0.25) is 0 Å². The summed E-state index contributed by atoms with van der Waals surface area (Å²) in [7, 11) is 1.53. The molecule has 2 aromatic carbocycles. The van der Waals surface area contributed by atoms with Crippen molar-refractivity contribution in [2.75, 3.05) is 26.7 Å². The van der Waals surface area contributed by atoms with Gasteiger partial charge in [0.25, 0.3) is 0 Å². The van der Waals surface area contributed by atoms with Gasteiger partial charge < -0.3 is 30.7 Å². The third kappa shape index (κ3) is 7.74. The number of hydrogen-bond acceptors (Lipinski definition) is 6. The fourth-order valence-corrected chi connectivity index (χ4v) is 5.38. The highest BCUT2D eigenvalue weighted by Crippen LogP contribution is 2.34. The second-order valence-corrected chi connectivity index (χ2v) is 11.5. The normalized spacial score (nSPS) is 25.0. The standard InChI is InChI=1S/C32H42N4O5/c1-21(22-11-6-5-7-12-22)26-29(37)34-18-10-14-23-13-8-9-15-25(23)41-20-19-33-27(24-16-17-24)31(39)36(4)28(30(38)35-26)32(2,3)40/h5-15,21,24,26-28,33,40H,16-20H2,1-4H3,(H,34,37)(H,35,38)/b14-10+/t21?,26-,27+,28-/m1/s1. The van der Waals surface area contributed by atoms with Crippen molar-refractivity contribution in [2.45, 2.75) is 63.3 Å². The molecule has 4 N–H and O–H groups in total. The first-order chi connectivity index (χ1) is 19.6. The number of hydrogen-bond donors (Lipinski definition) is 4. The quantitative estimate of drug-likeness (QED) is 0.455. The Balaban J connectivity index is 1.68. The molecule has 0 aromatic heterocycles. The number of rotatable bonds is 4. The summed E-state index contributed by atoms with van der Waals surface area (Å²) in [4.78, 5) is 42.4. The van der Waals surface area contributed by atoms with Crippen molar-refractivity contribution in [3.63, 3.8) is 0 Å². The predicted octanol–water partition coefficient (Wildman–Crippen LogP) is 2.46. The zero-order valence-corrected chi connectivity index (χ0v) is 24.3. The highest BCUT2D eigenvalue weighted by molar-refractivity contribution is 5.94. The van der Waals surface area contributed by atoms with Gasteiger partial charge in [0.2, 0.25) is 17.7 Å². The molecule has 1 unspecified atom stereocenters.